The van der Waals surface area contributed by atoms with Gasteiger partial charge in [-0.1, -0.05) is 6.07 Å². The number of hydrogen-bond acceptors (Lipinski definition) is 5. The second-order valence-electron chi connectivity index (χ2n) is 6.64. The summed E-state index contributed by atoms with van der Waals surface area (Å²) in [5, 5.41) is 4.45. The van der Waals surface area contributed by atoms with Crippen LogP contribution in [0.2, 0.25) is 0 Å². The summed E-state index contributed by atoms with van der Waals surface area (Å²) >= 11 is 0. The van der Waals surface area contributed by atoms with Crippen molar-refractivity contribution in [2.75, 3.05) is 13.2 Å². The molecule has 1 N–H and O–H groups in total. The number of pyridine rings is 1. The van der Waals surface area contributed by atoms with Crippen LogP contribution < -0.4 is 4.74 Å². The Morgan fingerprint density at radius 2 is 2.15 bits per heavy atom. The average molecular weight is 352 g/mol. The van der Waals surface area contributed by atoms with Crippen molar-refractivity contribution in [2.24, 2.45) is 7.05 Å². The Morgan fingerprint density at radius 3 is 2.85 bits per heavy atom. The van der Waals surface area contributed by atoms with Crippen LogP contribution in [0.15, 0.2) is 30.9 Å². The first-order valence-electron chi connectivity index (χ1n) is 8.99. The highest BCUT2D eigenvalue weighted by Crippen LogP contribution is 2.35. The van der Waals surface area contributed by atoms with Crippen molar-refractivity contribution in [3.8, 4) is 5.88 Å². The van der Waals surface area contributed by atoms with Crippen LogP contribution in [0.1, 0.15) is 41.2 Å². The van der Waals surface area contributed by atoms with Gasteiger partial charge in [-0.2, -0.15) is 5.10 Å². The minimum atomic E-state index is 0.102. The lowest BCUT2D eigenvalue weighted by Crippen LogP contribution is -2.36. The van der Waals surface area contributed by atoms with E-state index in [-0.39, 0.29) is 6.04 Å². The molecule has 0 amide bonds. The molecule has 1 aliphatic rings. The van der Waals surface area contributed by atoms with Gasteiger partial charge in [0.1, 0.15) is 0 Å². The van der Waals surface area contributed by atoms with Gasteiger partial charge in [0, 0.05) is 55.8 Å². The Hall–Kier alpha value is -2.67. The maximum absolute atomic E-state index is 5.45. The minimum Gasteiger partial charge on any atom is -0.478 e. The summed E-state index contributed by atoms with van der Waals surface area (Å²) in [6.07, 6.45) is 6.63. The molecule has 0 saturated heterocycles. The molecule has 1 atom stereocenters. The van der Waals surface area contributed by atoms with Gasteiger partial charge in [0.25, 0.3) is 0 Å². The standard InChI is InChI=1S/C19H24N6O/c1-4-26-17-6-5-14(9-20-17)11-25-8-7-16-18(22-12-21-16)19(25)15-10-23-24(3)13(15)2/h5-6,9-10,12,19H,4,7-8,11H2,1-3H3,(H,21,22). The maximum Gasteiger partial charge on any atom is 0.213 e. The van der Waals surface area contributed by atoms with Crippen LogP contribution in [-0.2, 0) is 20.0 Å². The number of ether oxygens (including phenoxy) is 1. The second kappa shape index (κ2) is 6.92. The van der Waals surface area contributed by atoms with E-state index in [1.165, 1.54) is 22.5 Å². The number of H-pyrrole nitrogens is 1. The third-order valence-electron chi connectivity index (χ3n) is 5.07. The molecule has 0 aliphatic carbocycles. The number of aromatic amines is 1. The molecule has 0 radical (unpaired) electrons. The maximum atomic E-state index is 5.45. The van der Waals surface area contributed by atoms with Gasteiger partial charge in [0.05, 0.1) is 30.9 Å². The first-order valence-corrected chi connectivity index (χ1v) is 8.99. The SMILES string of the molecule is CCOc1ccc(CN2CCc3[nH]cnc3C2c2cnn(C)c2C)cn1. The number of hydrogen-bond donors (Lipinski definition) is 1. The van der Waals surface area contributed by atoms with E-state index in [2.05, 4.69) is 37.9 Å². The molecule has 3 aromatic rings. The molecule has 1 aliphatic heterocycles. The third-order valence-corrected chi connectivity index (χ3v) is 5.07. The highest BCUT2D eigenvalue weighted by molar-refractivity contribution is 5.34. The molecule has 4 rings (SSSR count). The molecule has 0 spiro atoms. The Labute approximate surface area is 153 Å². The summed E-state index contributed by atoms with van der Waals surface area (Å²) < 4.78 is 7.37. The number of nitrogens with one attached hydrogen (secondary N) is 1. The summed E-state index contributed by atoms with van der Waals surface area (Å²) in [4.78, 5) is 14.8. The average Bonchev–Trinajstić information content (AvgIpc) is 3.25. The first kappa shape index (κ1) is 16.8. The summed E-state index contributed by atoms with van der Waals surface area (Å²) in [7, 11) is 1.98. The number of fused-ring (bicyclic) bond motifs is 1. The molecular weight excluding hydrogens is 328 g/mol. The van der Waals surface area contributed by atoms with Crippen molar-refractivity contribution >= 4 is 0 Å². The van der Waals surface area contributed by atoms with Crippen molar-refractivity contribution in [1.29, 1.82) is 0 Å². The summed E-state index contributed by atoms with van der Waals surface area (Å²) in [6.45, 7) is 6.47. The fourth-order valence-corrected chi connectivity index (χ4v) is 3.60. The Kier molecular flexibility index (Phi) is 4.46. The highest BCUT2D eigenvalue weighted by Gasteiger charge is 2.33. The van der Waals surface area contributed by atoms with Gasteiger partial charge in [-0.3, -0.25) is 9.58 Å². The predicted molar refractivity (Wildman–Crippen MR) is 97.9 cm³/mol. The van der Waals surface area contributed by atoms with Gasteiger partial charge in [-0.15, -0.1) is 0 Å². The van der Waals surface area contributed by atoms with Crippen molar-refractivity contribution < 1.29 is 4.74 Å². The zero-order valence-electron chi connectivity index (χ0n) is 15.4. The first-order chi connectivity index (χ1) is 12.7. The van der Waals surface area contributed by atoms with Crippen molar-refractivity contribution in [1.82, 2.24) is 29.6 Å². The molecule has 0 fully saturated rings. The quantitative estimate of drug-likeness (QED) is 0.763. The van der Waals surface area contributed by atoms with E-state index in [1.807, 2.05) is 37.1 Å². The van der Waals surface area contributed by atoms with Gasteiger partial charge in [0.2, 0.25) is 5.88 Å². The van der Waals surface area contributed by atoms with E-state index in [0.29, 0.717) is 12.5 Å². The molecule has 7 nitrogen and oxygen atoms in total. The molecule has 0 saturated carbocycles. The molecule has 3 aromatic heterocycles. The summed E-state index contributed by atoms with van der Waals surface area (Å²) in [6, 6.07) is 4.13. The van der Waals surface area contributed by atoms with E-state index in [0.717, 1.165) is 25.2 Å². The number of imidazole rings is 1. The Bertz CT molecular complexity index is 882. The van der Waals surface area contributed by atoms with Crippen molar-refractivity contribution in [3.05, 3.63) is 59.1 Å². The number of rotatable bonds is 5. The topological polar surface area (TPSA) is 71.9 Å². The molecule has 7 heteroatoms. The molecule has 4 heterocycles. The molecule has 0 aromatic carbocycles. The normalized spacial score (nSPS) is 17.3. The van der Waals surface area contributed by atoms with Crippen molar-refractivity contribution in [2.45, 2.75) is 32.9 Å². The van der Waals surface area contributed by atoms with Gasteiger partial charge in [-0.25, -0.2) is 9.97 Å². The van der Waals surface area contributed by atoms with Crippen LogP contribution >= 0.6 is 0 Å². The smallest absolute Gasteiger partial charge is 0.213 e. The van der Waals surface area contributed by atoms with Crippen LogP contribution in [-0.4, -0.2) is 42.8 Å². The molecule has 0 bridgehead atoms. The summed E-state index contributed by atoms with van der Waals surface area (Å²) in [5.74, 6) is 0.670. The van der Waals surface area contributed by atoms with E-state index >= 15 is 0 Å². The monoisotopic (exact) mass is 352 g/mol. The zero-order valence-corrected chi connectivity index (χ0v) is 15.4. The molecule has 1 unspecified atom stereocenters. The highest BCUT2D eigenvalue weighted by atomic mass is 16.5. The van der Waals surface area contributed by atoms with Gasteiger partial charge < -0.3 is 9.72 Å². The fraction of sp³-hybridized carbons (Fsp3) is 0.421. The van der Waals surface area contributed by atoms with Crippen LogP contribution in [0.3, 0.4) is 0 Å². The lowest BCUT2D eigenvalue weighted by atomic mass is 9.95. The van der Waals surface area contributed by atoms with Gasteiger partial charge >= 0.3 is 0 Å². The second-order valence-corrected chi connectivity index (χ2v) is 6.64. The van der Waals surface area contributed by atoms with E-state index in [1.54, 1.807) is 6.33 Å². The third kappa shape index (κ3) is 2.99. The molecular formula is C19H24N6O. The van der Waals surface area contributed by atoms with Gasteiger partial charge in [0.15, 0.2) is 0 Å². The molecule has 136 valence electrons. The van der Waals surface area contributed by atoms with Crippen LogP contribution in [0, 0.1) is 6.92 Å². The summed E-state index contributed by atoms with van der Waals surface area (Å²) in [5.41, 5.74) is 5.87. The minimum absolute atomic E-state index is 0.102. The number of aryl methyl sites for hydroxylation is 1. The zero-order chi connectivity index (χ0) is 18.1. The Balaban J connectivity index is 1.65. The number of nitrogens with zero attached hydrogens (tertiary/aromatic N) is 5. The van der Waals surface area contributed by atoms with Crippen LogP contribution in [0.5, 0.6) is 5.88 Å². The van der Waals surface area contributed by atoms with Crippen molar-refractivity contribution in [3.63, 3.8) is 0 Å². The predicted octanol–water partition coefficient (Wildman–Crippen LogP) is 2.39. The van der Waals surface area contributed by atoms with Gasteiger partial charge in [-0.05, 0) is 19.4 Å². The Morgan fingerprint density at radius 1 is 1.27 bits per heavy atom. The van der Waals surface area contributed by atoms with Crippen LogP contribution in [0.4, 0.5) is 0 Å². The number of aromatic nitrogens is 5. The fourth-order valence-electron chi connectivity index (χ4n) is 3.60. The molecule has 26 heavy (non-hydrogen) atoms. The lowest BCUT2D eigenvalue weighted by Gasteiger charge is -2.35. The lowest BCUT2D eigenvalue weighted by molar-refractivity contribution is 0.199. The van der Waals surface area contributed by atoms with E-state index in [9.17, 15) is 0 Å². The van der Waals surface area contributed by atoms with E-state index in [4.69, 9.17) is 4.74 Å². The van der Waals surface area contributed by atoms with Crippen LogP contribution in [0.25, 0.3) is 0 Å². The van der Waals surface area contributed by atoms with E-state index < -0.39 is 0 Å². The largest absolute Gasteiger partial charge is 0.478 e.